The van der Waals surface area contributed by atoms with E-state index in [0.717, 1.165) is 0 Å². The van der Waals surface area contributed by atoms with Gasteiger partial charge in [-0.15, -0.1) is 0 Å². The molecular weight excluding hydrogens is 214 g/mol. The minimum absolute atomic E-state index is 0.228. The summed E-state index contributed by atoms with van der Waals surface area (Å²) in [7, 11) is 1.32. The number of hydrazine groups is 1. The predicted octanol–water partition coefficient (Wildman–Crippen LogP) is 0.633. The molecular formula is C9H11N3O2S. The zero-order valence-corrected chi connectivity index (χ0v) is 8.93. The first-order valence-corrected chi connectivity index (χ1v) is 4.54. The summed E-state index contributed by atoms with van der Waals surface area (Å²) in [6.45, 7) is 0. The van der Waals surface area contributed by atoms with Gasteiger partial charge in [-0.25, -0.2) is 10.6 Å². The van der Waals surface area contributed by atoms with E-state index in [1.54, 1.807) is 24.3 Å². The van der Waals surface area contributed by atoms with Crippen molar-refractivity contribution in [1.29, 1.82) is 0 Å². The average Bonchev–Trinajstić information content (AvgIpc) is 2.28. The lowest BCUT2D eigenvalue weighted by Crippen LogP contribution is -2.34. The molecule has 0 heterocycles. The molecule has 15 heavy (non-hydrogen) atoms. The number of hydrogen-bond donors (Lipinski definition) is 3. The van der Waals surface area contributed by atoms with E-state index >= 15 is 0 Å². The van der Waals surface area contributed by atoms with E-state index in [2.05, 4.69) is 15.5 Å². The highest BCUT2D eigenvalue weighted by Gasteiger charge is 2.10. The van der Waals surface area contributed by atoms with Gasteiger partial charge in [0, 0.05) is 0 Å². The first kappa shape index (κ1) is 11.4. The first-order chi connectivity index (χ1) is 7.19. The second-order valence-corrected chi connectivity index (χ2v) is 3.04. The molecule has 0 fully saturated rings. The molecule has 1 aromatic rings. The Labute approximate surface area is 92.6 Å². The number of carbonyl (C=O) groups excluding carboxylic acids is 1. The molecule has 6 heteroatoms. The highest BCUT2D eigenvalue weighted by atomic mass is 32.1. The Hall–Kier alpha value is -1.66. The number of ether oxygens (including phenoxy) is 1. The Balaban J connectivity index is 2.96. The molecule has 1 rings (SSSR count). The van der Waals surface area contributed by atoms with Crippen molar-refractivity contribution in [3.05, 3.63) is 29.8 Å². The van der Waals surface area contributed by atoms with E-state index in [-0.39, 0.29) is 5.11 Å². The van der Waals surface area contributed by atoms with Crippen LogP contribution in [0.2, 0.25) is 0 Å². The molecule has 5 nitrogen and oxygen atoms in total. The third-order valence-corrected chi connectivity index (χ3v) is 1.93. The van der Waals surface area contributed by atoms with Crippen molar-refractivity contribution in [1.82, 2.24) is 5.43 Å². The molecule has 0 aliphatic rings. The van der Waals surface area contributed by atoms with Crippen molar-refractivity contribution in [2.24, 2.45) is 5.84 Å². The van der Waals surface area contributed by atoms with Crippen molar-refractivity contribution < 1.29 is 9.53 Å². The standard InChI is InChI=1S/C9H11N3O2S/c1-14-8(13)6-4-2-3-5-7(6)11-9(15)12-10/h2-5H,10H2,1H3,(H2,11,12,15). The molecule has 0 saturated carbocycles. The van der Waals surface area contributed by atoms with Crippen LogP contribution in [0.5, 0.6) is 0 Å². The van der Waals surface area contributed by atoms with Gasteiger partial charge in [-0.05, 0) is 24.4 Å². The third-order valence-electron chi connectivity index (χ3n) is 1.71. The summed E-state index contributed by atoms with van der Waals surface area (Å²) < 4.78 is 4.62. The van der Waals surface area contributed by atoms with E-state index in [9.17, 15) is 4.79 Å². The quantitative estimate of drug-likeness (QED) is 0.297. The minimum Gasteiger partial charge on any atom is -0.465 e. The van der Waals surface area contributed by atoms with Crippen LogP contribution in [0.15, 0.2) is 24.3 Å². The highest BCUT2D eigenvalue weighted by Crippen LogP contribution is 2.15. The number of carbonyl (C=O) groups is 1. The van der Waals surface area contributed by atoms with Gasteiger partial charge in [0.15, 0.2) is 5.11 Å². The molecule has 1 aromatic carbocycles. The van der Waals surface area contributed by atoms with Gasteiger partial charge in [0.25, 0.3) is 0 Å². The summed E-state index contributed by atoms with van der Waals surface area (Å²) in [6, 6.07) is 6.84. The van der Waals surface area contributed by atoms with Crippen molar-refractivity contribution in [2.45, 2.75) is 0 Å². The molecule has 80 valence electrons. The molecule has 0 amide bonds. The minimum atomic E-state index is -0.432. The molecule has 0 aliphatic carbocycles. The monoisotopic (exact) mass is 225 g/mol. The van der Waals surface area contributed by atoms with E-state index < -0.39 is 5.97 Å². The smallest absolute Gasteiger partial charge is 0.339 e. The van der Waals surface area contributed by atoms with Gasteiger partial charge in [0.2, 0.25) is 0 Å². The van der Waals surface area contributed by atoms with Crippen LogP contribution in [0.3, 0.4) is 0 Å². The van der Waals surface area contributed by atoms with Crippen LogP contribution in [-0.2, 0) is 4.74 Å². The van der Waals surface area contributed by atoms with Crippen molar-refractivity contribution in [3.8, 4) is 0 Å². The van der Waals surface area contributed by atoms with Crippen LogP contribution < -0.4 is 16.6 Å². The van der Waals surface area contributed by atoms with Crippen molar-refractivity contribution in [2.75, 3.05) is 12.4 Å². The lowest BCUT2D eigenvalue weighted by Gasteiger charge is -2.10. The summed E-state index contributed by atoms with van der Waals surface area (Å²) in [5.74, 6) is 4.68. The van der Waals surface area contributed by atoms with E-state index in [0.29, 0.717) is 11.3 Å². The summed E-state index contributed by atoms with van der Waals surface area (Å²) in [5, 5.41) is 3.00. The maximum absolute atomic E-state index is 11.3. The Bertz CT molecular complexity index is 381. The number of para-hydroxylation sites is 1. The molecule has 0 aromatic heterocycles. The zero-order valence-electron chi connectivity index (χ0n) is 8.11. The van der Waals surface area contributed by atoms with Gasteiger partial charge in [-0.1, -0.05) is 12.1 Å². The van der Waals surface area contributed by atoms with Crippen LogP contribution in [-0.4, -0.2) is 18.2 Å². The molecule has 0 bridgehead atoms. The zero-order chi connectivity index (χ0) is 11.3. The Morgan fingerprint density at radius 1 is 1.47 bits per heavy atom. The Morgan fingerprint density at radius 2 is 2.13 bits per heavy atom. The number of nitrogens with two attached hydrogens (primary N) is 1. The molecule has 0 radical (unpaired) electrons. The topological polar surface area (TPSA) is 76.4 Å². The van der Waals surface area contributed by atoms with Crippen LogP contribution >= 0.6 is 12.2 Å². The molecule has 0 spiro atoms. The number of hydrogen-bond acceptors (Lipinski definition) is 4. The second-order valence-electron chi connectivity index (χ2n) is 2.64. The Morgan fingerprint density at radius 3 is 2.73 bits per heavy atom. The lowest BCUT2D eigenvalue weighted by molar-refractivity contribution is 0.0602. The summed E-state index contributed by atoms with van der Waals surface area (Å²) in [6.07, 6.45) is 0. The summed E-state index contributed by atoms with van der Waals surface area (Å²) >= 11 is 4.82. The maximum Gasteiger partial charge on any atom is 0.339 e. The van der Waals surface area contributed by atoms with Crippen molar-refractivity contribution in [3.63, 3.8) is 0 Å². The molecule has 0 aliphatic heterocycles. The maximum atomic E-state index is 11.3. The van der Waals surface area contributed by atoms with Gasteiger partial charge >= 0.3 is 5.97 Å². The predicted molar refractivity (Wildman–Crippen MR) is 61.3 cm³/mol. The van der Waals surface area contributed by atoms with Gasteiger partial charge in [0.05, 0.1) is 18.4 Å². The number of esters is 1. The number of methoxy groups -OCH3 is 1. The van der Waals surface area contributed by atoms with Crippen LogP contribution in [0, 0.1) is 0 Å². The van der Waals surface area contributed by atoms with Crippen LogP contribution in [0.1, 0.15) is 10.4 Å². The highest BCUT2D eigenvalue weighted by molar-refractivity contribution is 7.80. The largest absolute Gasteiger partial charge is 0.465 e. The number of thiocarbonyl (C=S) groups is 1. The fourth-order valence-corrected chi connectivity index (χ4v) is 1.15. The number of rotatable bonds is 2. The lowest BCUT2D eigenvalue weighted by atomic mass is 10.2. The fraction of sp³-hybridized carbons (Fsp3) is 0.111. The van der Waals surface area contributed by atoms with Crippen molar-refractivity contribution >= 4 is 29.0 Å². The second kappa shape index (κ2) is 5.28. The van der Waals surface area contributed by atoms with Gasteiger partial charge in [0.1, 0.15) is 0 Å². The molecule has 0 atom stereocenters. The van der Waals surface area contributed by atoms with Gasteiger partial charge < -0.3 is 15.5 Å². The SMILES string of the molecule is COC(=O)c1ccccc1NC(=S)NN. The Kier molecular flexibility index (Phi) is 4.02. The molecule has 4 N–H and O–H groups in total. The van der Waals surface area contributed by atoms with Crippen LogP contribution in [0.4, 0.5) is 5.69 Å². The normalized spacial score (nSPS) is 9.20. The summed E-state index contributed by atoms with van der Waals surface area (Å²) in [5.41, 5.74) is 3.21. The van der Waals surface area contributed by atoms with Gasteiger partial charge in [-0.3, -0.25) is 0 Å². The fourth-order valence-electron chi connectivity index (χ4n) is 1.04. The average molecular weight is 225 g/mol. The van der Waals surface area contributed by atoms with E-state index in [4.69, 9.17) is 18.1 Å². The first-order valence-electron chi connectivity index (χ1n) is 4.14. The van der Waals surface area contributed by atoms with Gasteiger partial charge in [-0.2, -0.15) is 0 Å². The number of benzene rings is 1. The molecule has 0 saturated heterocycles. The van der Waals surface area contributed by atoms with E-state index in [1.807, 2.05) is 0 Å². The summed E-state index contributed by atoms with van der Waals surface area (Å²) in [4.78, 5) is 11.3. The number of anilines is 1. The molecule has 0 unspecified atom stereocenters. The third kappa shape index (κ3) is 2.90. The van der Waals surface area contributed by atoms with Crippen LogP contribution in [0.25, 0.3) is 0 Å². The van der Waals surface area contributed by atoms with E-state index in [1.165, 1.54) is 7.11 Å². The number of nitrogens with one attached hydrogen (secondary N) is 2.